The third-order valence-electron chi connectivity index (χ3n) is 2.89. The molecule has 0 saturated carbocycles. The molecule has 1 heterocycles. The minimum absolute atomic E-state index is 0.0173. The van der Waals surface area contributed by atoms with Crippen molar-refractivity contribution in [1.82, 2.24) is 5.32 Å². The first-order valence-corrected chi connectivity index (χ1v) is 6.63. The zero-order valence-corrected chi connectivity index (χ0v) is 12.1. The molecule has 2 amide bonds. The van der Waals surface area contributed by atoms with Crippen molar-refractivity contribution >= 4 is 23.7 Å². The summed E-state index contributed by atoms with van der Waals surface area (Å²) >= 11 is 0. The minimum atomic E-state index is -2.01. The van der Waals surface area contributed by atoms with Gasteiger partial charge in [0.05, 0.1) is 6.61 Å². The zero-order chi connectivity index (χ0) is 17.0. The molecule has 120 valence electrons. The van der Waals surface area contributed by atoms with Crippen molar-refractivity contribution in [2.45, 2.75) is 13.0 Å². The number of nitrogens with one attached hydrogen (secondary N) is 1. The zero-order valence-electron chi connectivity index (χ0n) is 12.1. The lowest BCUT2D eigenvalue weighted by Crippen LogP contribution is -2.50. The molecule has 0 aliphatic carbocycles. The molecule has 0 fully saturated rings. The van der Waals surface area contributed by atoms with Crippen molar-refractivity contribution in [3.05, 3.63) is 40.0 Å². The topological polar surface area (TPSA) is 131 Å². The molecule has 9 heteroatoms. The lowest BCUT2D eigenvalue weighted by Gasteiger charge is -2.12. The molecule has 0 saturated heterocycles. The number of aliphatic imine (C=N–C) groups is 1. The molecule has 1 aliphatic rings. The van der Waals surface area contributed by atoms with Crippen LogP contribution in [-0.4, -0.2) is 40.3 Å². The number of carbonyl (C=O) groups excluding carboxylic acids is 2. The number of carbonyl (C=O) groups is 2. The Hall–Kier alpha value is -3.23. The van der Waals surface area contributed by atoms with Crippen LogP contribution in [0.3, 0.4) is 0 Å². The van der Waals surface area contributed by atoms with E-state index in [4.69, 9.17) is 4.74 Å². The van der Waals surface area contributed by atoms with E-state index in [-0.39, 0.29) is 17.3 Å². The second-order valence-corrected chi connectivity index (χ2v) is 4.51. The van der Waals surface area contributed by atoms with Crippen LogP contribution >= 0.6 is 0 Å². The molecule has 23 heavy (non-hydrogen) atoms. The highest BCUT2D eigenvalue weighted by molar-refractivity contribution is 6.21. The van der Waals surface area contributed by atoms with E-state index in [1.165, 1.54) is 18.2 Å². The molecular formula is C14H13N3O6. The van der Waals surface area contributed by atoms with Crippen LogP contribution in [-0.2, 0) is 9.59 Å². The molecule has 2 N–H and O–H groups in total. The maximum Gasteiger partial charge on any atom is 0.368 e. The molecule has 0 bridgehead atoms. The number of nitrogens with zero attached hydrogens (tertiary/aromatic N) is 2. The van der Waals surface area contributed by atoms with Crippen LogP contribution in [0.5, 0.6) is 11.5 Å². The third kappa shape index (κ3) is 3.70. The van der Waals surface area contributed by atoms with Crippen molar-refractivity contribution in [2.24, 2.45) is 4.99 Å². The summed E-state index contributed by atoms with van der Waals surface area (Å²) in [6.45, 7) is 2.14. The lowest BCUT2D eigenvalue weighted by atomic mass is 10.1. The normalized spacial score (nSPS) is 17.8. The first-order valence-electron chi connectivity index (χ1n) is 6.63. The molecule has 0 spiro atoms. The summed E-state index contributed by atoms with van der Waals surface area (Å²) in [5.74, 6) is -1.98. The maximum atomic E-state index is 11.5. The van der Waals surface area contributed by atoms with Gasteiger partial charge in [0, 0.05) is 4.92 Å². The fourth-order valence-electron chi connectivity index (χ4n) is 1.86. The fraction of sp³-hybridized carbons (Fsp3) is 0.214. The highest BCUT2D eigenvalue weighted by Crippen LogP contribution is 2.27. The van der Waals surface area contributed by atoms with Crippen molar-refractivity contribution in [3.63, 3.8) is 0 Å². The van der Waals surface area contributed by atoms with Gasteiger partial charge in [-0.15, -0.1) is 0 Å². The Balaban J connectivity index is 2.19. The van der Waals surface area contributed by atoms with Crippen LogP contribution in [0.2, 0.25) is 0 Å². The SMILES string of the molecule is CCOc1cc(/C=C/C2=NC(=O)C([N+](=O)[O-])C(=O)N2)ccc1O. The number of nitro groups is 1. The molecular weight excluding hydrogens is 306 g/mol. The largest absolute Gasteiger partial charge is 0.504 e. The van der Waals surface area contributed by atoms with E-state index in [0.29, 0.717) is 12.2 Å². The second-order valence-electron chi connectivity index (χ2n) is 4.51. The van der Waals surface area contributed by atoms with Crippen LogP contribution in [0.15, 0.2) is 29.3 Å². The average Bonchev–Trinajstić information content (AvgIpc) is 2.47. The van der Waals surface area contributed by atoms with Gasteiger partial charge in [-0.05, 0) is 30.7 Å². The Bertz CT molecular complexity index is 725. The summed E-state index contributed by atoms with van der Waals surface area (Å²) in [5, 5.41) is 22.4. The first-order chi connectivity index (χ1) is 10.9. The number of benzene rings is 1. The Morgan fingerprint density at radius 1 is 1.43 bits per heavy atom. The summed E-state index contributed by atoms with van der Waals surface area (Å²) in [4.78, 5) is 36.0. The number of amidine groups is 1. The van der Waals surface area contributed by atoms with Gasteiger partial charge in [0.1, 0.15) is 5.84 Å². The summed E-state index contributed by atoms with van der Waals surface area (Å²) < 4.78 is 5.23. The smallest absolute Gasteiger partial charge is 0.368 e. The third-order valence-corrected chi connectivity index (χ3v) is 2.89. The molecule has 9 nitrogen and oxygen atoms in total. The van der Waals surface area contributed by atoms with Crippen LogP contribution in [0.1, 0.15) is 12.5 Å². The van der Waals surface area contributed by atoms with Gasteiger partial charge in [-0.25, -0.2) is 0 Å². The molecule has 1 unspecified atom stereocenters. The number of ether oxygens (including phenoxy) is 1. The predicted molar refractivity (Wildman–Crippen MR) is 79.7 cm³/mol. The van der Waals surface area contributed by atoms with E-state index in [1.54, 1.807) is 19.1 Å². The van der Waals surface area contributed by atoms with Gasteiger partial charge in [-0.3, -0.25) is 19.7 Å². The van der Waals surface area contributed by atoms with E-state index >= 15 is 0 Å². The Kier molecular flexibility index (Phi) is 4.69. The monoisotopic (exact) mass is 319 g/mol. The molecule has 1 aromatic rings. The maximum absolute atomic E-state index is 11.5. The number of phenols is 1. The van der Waals surface area contributed by atoms with Crippen LogP contribution in [0, 0.1) is 10.1 Å². The fourth-order valence-corrected chi connectivity index (χ4v) is 1.86. The number of amides is 2. The van der Waals surface area contributed by atoms with Crippen LogP contribution in [0.4, 0.5) is 0 Å². The van der Waals surface area contributed by atoms with E-state index in [2.05, 4.69) is 10.3 Å². The number of hydrogen-bond donors (Lipinski definition) is 2. The van der Waals surface area contributed by atoms with Crippen LogP contribution in [0.25, 0.3) is 6.08 Å². The van der Waals surface area contributed by atoms with Crippen molar-refractivity contribution in [1.29, 1.82) is 0 Å². The Morgan fingerprint density at radius 2 is 2.17 bits per heavy atom. The number of rotatable bonds is 5. The summed E-state index contributed by atoms with van der Waals surface area (Å²) in [7, 11) is 0. The predicted octanol–water partition coefficient (Wildman–Crippen LogP) is 0.504. The molecule has 1 aliphatic heterocycles. The van der Waals surface area contributed by atoms with Gasteiger partial charge in [-0.2, -0.15) is 4.99 Å². The van der Waals surface area contributed by atoms with Crippen molar-refractivity contribution < 1.29 is 24.4 Å². The number of phenolic OH excluding ortho intramolecular Hbond substituents is 1. The van der Waals surface area contributed by atoms with E-state index in [1.807, 2.05) is 0 Å². The van der Waals surface area contributed by atoms with Gasteiger partial charge in [0.15, 0.2) is 11.5 Å². The Morgan fingerprint density at radius 3 is 2.78 bits per heavy atom. The van der Waals surface area contributed by atoms with E-state index in [0.717, 1.165) is 0 Å². The van der Waals surface area contributed by atoms with Gasteiger partial charge >= 0.3 is 17.9 Å². The number of aromatic hydroxyl groups is 1. The summed E-state index contributed by atoms with van der Waals surface area (Å²) in [6, 6.07) is 2.56. The lowest BCUT2D eigenvalue weighted by molar-refractivity contribution is -0.493. The van der Waals surface area contributed by atoms with Gasteiger partial charge in [0.2, 0.25) is 0 Å². The summed E-state index contributed by atoms with van der Waals surface area (Å²) in [6.07, 6.45) is 2.84. The first kappa shape index (κ1) is 16.1. The average molecular weight is 319 g/mol. The van der Waals surface area contributed by atoms with Gasteiger partial charge in [0.25, 0.3) is 0 Å². The second kappa shape index (κ2) is 6.69. The Labute approximate surface area is 130 Å². The summed E-state index contributed by atoms with van der Waals surface area (Å²) in [5.41, 5.74) is 0.618. The van der Waals surface area contributed by atoms with Gasteiger partial charge < -0.3 is 15.2 Å². The highest BCUT2D eigenvalue weighted by atomic mass is 16.6. The van der Waals surface area contributed by atoms with E-state index in [9.17, 15) is 24.8 Å². The van der Waals surface area contributed by atoms with E-state index < -0.39 is 22.8 Å². The molecule has 0 aromatic heterocycles. The van der Waals surface area contributed by atoms with Gasteiger partial charge in [-0.1, -0.05) is 12.1 Å². The number of hydrogen-bond acceptors (Lipinski definition) is 6. The highest BCUT2D eigenvalue weighted by Gasteiger charge is 2.41. The van der Waals surface area contributed by atoms with Crippen LogP contribution < -0.4 is 10.1 Å². The molecule has 0 radical (unpaired) electrons. The molecule has 1 atom stereocenters. The van der Waals surface area contributed by atoms with Crippen molar-refractivity contribution in [2.75, 3.05) is 6.61 Å². The quantitative estimate of drug-likeness (QED) is 0.461. The molecule has 2 rings (SSSR count). The molecule has 1 aromatic carbocycles. The minimum Gasteiger partial charge on any atom is -0.504 e. The van der Waals surface area contributed by atoms with Crippen molar-refractivity contribution in [3.8, 4) is 11.5 Å². The standard InChI is InChI=1S/C14H13N3O6/c1-2-23-10-7-8(3-5-9(10)18)4-6-11-15-13(19)12(17(21)22)14(20)16-11/h3-7,12,18H,2H2,1H3,(H,15,16,19,20)/b6-4+.